The molecule has 2 rings (SSSR count). The van der Waals surface area contributed by atoms with Gasteiger partial charge in [-0.15, -0.1) is 0 Å². The number of carbonyl (C=O) groups excluding carboxylic acids is 1. The van der Waals surface area contributed by atoms with Gasteiger partial charge in [-0.25, -0.2) is 0 Å². The number of aldehydes is 1. The maximum Gasteiger partial charge on any atom is 0.150 e. The lowest BCUT2D eigenvalue weighted by Gasteiger charge is -2.08. The summed E-state index contributed by atoms with van der Waals surface area (Å²) in [6.45, 7) is -0.0976. The molecule has 0 bridgehead atoms. The summed E-state index contributed by atoms with van der Waals surface area (Å²) < 4.78 is 0. The van der Waals surface area contributed by atoms with E-state index in [0.717, 1.165) is 23.0 Å². The third kappa shape index (κ3) is 2.54. The van der Waals surface area contributed by atoms with Gasteiger partial charge >= 0.3 is 0 Å². The van der Waals surface area contributed by atoms with Crippen molar-refractivity contribution in [3.8, 4) is 11.1 Å². The summed E-state index contributed by atoms with van der Waals surface area (Å²) in [5.41, 5.74) is 3.18. The van der Waals surface area contributed by atoms with Crippen LogP contribution in [0.1, 0.15) is 15.9 Å². The van der Waals surface area contributed by atoms with Gasteiger partial charge in [0.2, 0.25) is 0 Å². The van der Waals surface area contributed by atoms with E-state index in [0.29, 0.717) is 10.6 Å². The minimum absolute atomic E-state index is 0.0976. The maximum atomic E-state index is 10.7. The Bertz CT molecular complexity index is 532. The molecule has 0 spiro atoms. The van der Waals surface area contributed by atoms with Crippen LogP contribution in [-0.2, 0) is 6.61 Å². The molecule has 0 atom stereocenters. The van der Waals surface area contributed by atoms with Crippen molar-refractivity contribution in [1.82, 2.24) is 0 Å². The number of aliphatic hydroxyl groups is 1. The second-order valence-corrected chi connectivity index (χ2v) is 4.14. The van der Waals surface area contributed by atoms with Crippen LogP contribution in [0.2, 0.25) is 5.02 Å². The zero-order valence-corrected chi connectivity index (χ0v) is 9.82. The molecule has 0 aliphatic heterocycles. The first-order chi connectivity index (χ1) is 8.24. The molecule has 3 heteroatoms. The maximum absolute atomic E-state index is 10.7. The summed E-state index contributed by atoms with van der Waals surface area (Å²) >= 11 is 5.82. The van der Waals surface area contributed by atoms with Gasteiger partial charge < -0.3 is 5.11 Å². The molecule has 86 valence electrons. The SMILES string of the molecule is O=Cc1ccc(-c2ccc(Cl)cc2)c(CO)c1. The van der Waals surface area contributed by atoms with Crippen molar-refractivity contribution in [1.29, 1.82) is 0 Å². The summed E-state index contributed by atoms with van der Waals surface area (Å²) in [4.78, 5) is 10.7. The van der Waals surface area contributed by atoms with Crippen LogP contribution in [-0.4, -0.2) is 11.4 Å². The Labute approximate surface area is 104 Å². The smallest absolute Gasteiger partial charge is 0.150 e. The molecule has 0 aliphatic carbocycles. The molecule has 0 saturated carbocycles. The lowest BCUT2D eigenvalue weighted by molar-refractivity contribution is 0.112. The minimum Gasteiger partial charge on any atom is -0.392 e. The van der Waals surface area contributed by atoms with E-state index < -0.39 is 0 Å². The average Bonchev–Trinajstić information content (AvgIpc) is 2.39. The van der Waals surface area contributed by atoms with E-state index in [4.69, 9.17) is 11.6 Å². The van der Waals surface area contributed by atoms with Crippen molar-refractivity contribution in [2.24, 2.45) is 0 Å². The van der Waals surface area contributed by atoms with Crippen LogP contribution < -0.4 is 0 Å². The Morgan fingerprint density at radius 3 is 2.41 bits per heavy atom. The molecule has 0 aliphatic rings. The highest BCUT2D eigenvalue weighted by molar-refractivity contribution is 6.30. The van der Waals surface area contributed by atoms with E-state index in [1.165, 1.54) is 0 Å². The Morgan fingerprint density at radius 1 is 1.12 bits per heavy atom. The Hall–Kier alpha value is -1.64. The third-order valence-electron chi connectivity index (χ3n) is 2.59. The molecule has 0 unspecified atom stereocenters. The molecule has 0 amide bonds. The van der Waals surface area contributed by atoms with E-state index in [-0.39, 0.29) is 6.61 Å². The van der Waals surface area contributed by atoms with Crippen molar-refractivity contribution in [3.63, 3.8) is 0 Å². The van der Waals surface area contributed by atoms with Crippen LogP contribution in [0.5, 0.6) is 0 Å². The van der Waals surface area contributed by atoms with Gasteiger partial charge in [-0.2, -0.15) is 0 Å². The number of carbonyl (C=O) groups is 1. The molecule has 0 saturated heterocycles. The van der Waals surface area contributed by atoms with Gasteiger partial charge in [0.25, 0.3) is 0 Å². The number of hydrogen-bond acceptors (Lipinski definition) is 2. The number of aliphatic hydroxyl groups excluding tert-OH is 1. The fraction of sp³-hybridized carbons (Fsp3) is 0.0714. The number of halogens is 1. The highest BCUT2D eigenvalue weighted by Crippen LogP contribution is 2.26. The molecule has 17 heavy (non-hydrogen) atoms. The first-order valence-corrected chi connectivity index (χ1v) is 5.57. The van der Waals surface area contributed by atoms with E-state index in [1.807, 2.05) is 18.2 Å². The summed E-state index contributed by atoms with van der Waals surface area (Å²) in [5, 5.41) is 9.98. The molecule has 0 heterocycles. The van der Waals surface area contributed by atoms with Crippen LogP contribution in [0.15, 0.2) is 42.5 Å². The zero-order valence-electron chi connectivity index (χ0n) is 9.06. The predicted octanol–water partition coefficient (Wildman–Crippen LogP) is 3.31. The first kappa shape index (κ1) is 11.8. The average molecular weight is 247 g/mol. The van der Waals surface area contributed by atoms with E-state index in [1.54, 1.807) is 24.3 Å². The number of rotatable bonds is 3. The van der Waals surface area contributed by atoms with E-state index in [9.17, 15) is 9.90 Å². The highest BCUT2D eigenvalue weighted by Gasteiger charge is 2.05. The van der Waals surface area contributed by atoms with Crippen molar-refractivity contribution in [3.05, 3.63) is 58.6 Å². The van der Waals surface area contributed by atoms with Gasteiger partial charge in [0.1, 0.15) is 6.29 Å². The number of hydrogen-bond donors (Lipinski definition) is 1. The highest BCUT2D eigenvalue weighted by atomic mass is 35.5. The fourth-order valence-electron chi connectivity index (χ4n) is 1.73. The first-order valence-electron chi connectivity index (χ1n) is 5.19. The van der Waals surface area contributed by atoms with Gasteiger partial charge in [-0.3, -0.25) is 4.79 Å². The molecule has 0 aromatic heterocycles. The lowest BCUT2D eigenvalue weighted by Crippen LogP contribution is -1.92. The van der Waals surface area contributed by atoms with Crippen LogP contribution in [0.3, 0.4) is 0 Å². The quantitative estimate of drug-likeness (QED) is 0.844. The topological polar surface area (TPSA) is 37.3 Å². The van der Waals surface area contributed by atoms with Crippen LogP contribution >= 0.6 is 11.6 Å². The Kier molecular flexibility index (Phi) is 3.57. The van der Waals surface area contributed by atoms with Gasteiger partial charge in [0.15, 0.2) is 0 Å². The van der Waals surface area contributed by atoms with Crippen molar-refractivity contribution in [2.45, 2.75) is 6.61 Å². The van der Waals surface area contributed by atoms with Gasteiger partial charge in [-0.1, -0.05) is 35.9 Å². The second-order valence-electron chi connectivity index (χ2n) is 3.70. The third-order valence-corrected chi connectivity index (χ3v) is 2.84. The van der Waals surface area contributed by atoms with E-state index in [2.05, 4.69) is 0 Å². The van der Waals surface area contributed by atoms with Crippen LogP contribution in [0, 0.1) is 0 Å². The summed E-state index contributed by atoms with van der Waals surface area (Å²) in [7, 11) is 0. The molecular weight excluding hydrogens is 236 g/mol. The van der Waals surface area contributed by atoms with Gasteiger partial charge in [-0.05, 0) is 34.9 Å². The Morgan fingerprint density at radius 2 is 1.82 bits per heavy atom. The van der Waals surface area contributed by atoms with Gasteiger partial charge in [0, 0.05) is 10.6 Å². The largest absolute Gasteiger partial charge is 0.392 e. The molecule has 1 N–H and O–H groups in total. The predicted molar refractivity (Wildman–Crippen MR) is 68.2 cm³/mol. The molecule has 2 nitrogen and oxygen atoms in total. The van der Waals surface area contributed by atoms with Gasteiger partial charge in [0.05, 0.1) is 6.61 Å². The Balaban J connectivity index is 2.51. The standard InChI is InChI=1S/C14H11ClO2/c15-13-4-2-11(3-5-13)14-6-1-10(8-16)7-12(14)9-17/h1-8,17H,9H2. The monoisotopic (exact) mass is 246 g/mol. The van der Waals surface area contributed by atoms with Crippen molar-refractivity contribution in [2.75, 3.05) is 0 Å². The summed E-state index contributed by atoms with van der Waals surface area (Å²) in [6.07, 6.45) is 0.769. The van der Waals surface area contributed by atoms with Crippen LogP contribution in [0.25, 0.3) is 11.1 Å². The minimum atomic E-state index is -0.0976. The molecule has 2 aromatic carbocycles. The lowest BCUT2D eigenvalue weighted by atomic mass is 9.98. The molecular formula is C14H11ClO2. The molecule has 2 aromatic rings. The fourth-order valence-corrected chi connectivity index (χ4v) is 1.85. The van der Waals surface area contributed by atoms with Crippen molar-refractivity contribution >= 4 is 17.9 Å². The molecule has 0 radical (unpaired) electrons. The van der Waals surface area contributed by atoms with E-state index >= 15 is 0 Å². The normalized spacial score (nSPS) is 10.2. The summed E-state index contributed by atoms with van der Waals surface area (Å²) in [6, 6.07) is 12.6. The van der Waals surface area contributed by atoms with Crippen LogP contribution in [0.4, 0.5) is 0 Å². The van der Waals surface area contributed by atoms with Crippen molar-refractivity contribution < 1.29 is 9.90 Å². The summed E-state index contributed by atoms with van der Waals surface area (Å²) in [5.74, 6) is 0. The zero-order chi connectivity index (χ0) is 12.3. The number of benzene rings is 2. The second kappa shape index (κ2) is 5.13. The molecule has 0 fully saturated rings.